The van der Waals surface area contributed by atoms with E-state index >= 15 is 8.78 Å². The van der Waals surface area contributed by atoms with Gasteiger partial charge in [-0.15, -0.1) is 0 Å². The van der Waals surface area contributed by atoms with Crippen molar-refractivity contribution in [2.45, 2.75) is 12.7 Å². The Morgan fingerprint density at radius 2 is 1.35 bits per heavy atom. The molecule has 0 bridgehead atoms. The molecule has 0 fully saturated rings. The van der Waals surface area contributed by atoms with Crippen molar-refractivity contribution < 1.29 is 45.7 Å². The number of carbonyl (C=O) groups excluding carboxylic acids is 1. The van der Waals surface area contributed by atoms with Crippen LogP contribution in [0.3, 0.4) is 0 Å². The Morgan fingerprint density at radius 1 is 0.769 bits per heavy atom. The van der Waals surface area contributed by atoms with Crippen molar-refractivity contribution in [1.29, 1.82) is 0 Å². The van der Waals surface area contributed by atoms with Gasteiger partial charge in [0.15, 0.2) is 23.1 Å². The highest BCUT2D eigenvalue weighted by atomic mass is 19.4. The van der Waals surface area contributed by atoms with E-state index in [1.165, 1.54) is 50.6 Å². The molecule has 4 aromatic carbocycles. The Bertz CT molecular complexity index is 1960. The Morgan fingerprint density at radius 3 is 1.92 bits per heavy atom. The maximum atomic E-state index is 15.2. The number of imidazole rings is 1. The Hall–Kier alpha value is -5.31. The molecule has 1 heterocycles. The number of aromatic nitrogens is 2. The summed E-state index contributed by atoms with van der Waals surface area (Å²) in [6, 6.07) is 19.7. The molecule has 5 rings (SSSR count). The zero-order valence-corrected chi connectivity index (χ0v) is 28.4. The minimum atomic E-state index is -4.56. The van der Waals surface area contributed by atoms with Crippen LogP contribution in [0.2, 0.25) is 0 Å². The molecule has 3 N–H and O–H groups in total. The fraction of sp³-hybridized carbons (Fsp3) is 0.263. The molecule has 9 nitrogen and oxygen atoms in total. The van der Waals surface area contributed by atoms with Gasteiger partial charge in [-0.2, -0.15) is 13.2 Å². The van der Waals surface area contributed by atoms with Crippen LogP contribution in [-0.4, -0.2) is 69.2 Å². The number of rotatable bonds is 16. The summed E-state index contributed by atoms with van der Waals surface area (Å²) < 4.78 is 93.3. The third-order valence-corrected chi connectivity index (χ3v) is 8.01. The SMILES string of the molecule is COc1ccc(-c2nc(-c3ccc(C(F)(F)F)cc3)n(Cc3ccc(C(=O)NCCOCCOCCN)cc3)c2-c2ccc(OC)c(F)c2)cc1F. The Balaban J connectivity index is 1.53. The number of carbonyl (C=O) groups is 1. The lowest BCUT2D eigenvalue weighted by molar-refractivity contribution is -0.137. The number of alkyl halides is 3. The highest BCUT2D eigenvalue weighted by Crippen LogP contribution is 2.40. The summed E-state index contributed by atoms with van der Waals surface area (Å²) in [6.07, 6.45) is -4.56. The molecule has 14 heteroatoms. The van der Waals surface area contributed by atoms with Gasteiger partial charge in [0.1, 0.15) is 5.82 Å². The first-order valence-corrected chi connectivity index (χ1v) is 16.2. The highest BCUT2D eigenvalue weighted by Gasteiger charge is 2.31. The molecule has 0 radical (unpaired) electrons. The Kier molecular flexibility index (Phi) is 12.6. The van der Waals surface area contributed by atoms with E-state index < -0.39 is 23.4 Å². The van der Waals surface area contributed by atoms with Gasteiger partial charge in [-0.25, -0.2) is 13.8 Å². The van der Waals surface area contributed by atoms with Gasteiger partial charge in [-0.05, 0) is 66.2 Å². The maximum Gasteiger partial charge on any atom is 0.416 e. The van der Waals surface area contributed by atoms with E-state index in [1.54, 1.807) is 41.0 Å². The molecule has 0 saturated carbocycles. The molecule has 0 spiro atoms. The third kappa shape index (κ3) is 9.12. The number of ether oxygens (including phenoxy) is 4. The third-order valence-electron chi connectivity index (χ3n) is 8.01. The topological polar surface area (TPSA) is 110 Å². The summed E-state index contributed by atoms with van der Waals surface area (Å²) in [7, 11) is 2.66. The molecular weight excluding hydrogens is 687 g/mol. The van der Waals surface area contributed by atoms with Gasteiger partial charge < -0.3 is 34.6 Å². The first-order chi connectivity index (χ1) is 25.0. The lowest BCUT2D eigenvalue weighted by Crippen LogP contribution is -2.27. The predicted molar refractivity (Wildman–Crippen MR) is 185 cm³/mol. The van der Waals surface area contributed by atoms with Crippen molar-refractivity contribution in [2.24, 2.45) is 5.73 Å². The van der Waals surface area contributed by atoms with Crippen molar-refractivity contribution in [3.63, 3.8) is 0 Å². The van der Waals surface area contributed by atoms with Crippen LogP contribution in [0, 0.1) is 11.6 Å². The molecule has 0 aliphatic carbocycles. The molecule has 0 unspecified atom stereocenters. The zero-order chi connectivity index (χ0) is 37.3. The lowest BCUT2D eigenvalue weighted by Gasteiger charge is -2.15. The van der Waals surface area contributed by atoms with Crippen LogP contribution in [0.1, 0.15) is 21.5 Å². The van der Waals surface area contributed by atoms with Crippen molar-refractivity contribution in [1.82, 2.24) is 14.9 Å². The van der Waals surface area contributed by atoms with E-state index in [0.717, 1.165) is 12.1 Å². The van der Waals surface area contributed by atoms with Crippen molar-refractivity contribution in [3.8, 4) is 45.4 Å². The van der Waals surface area contributed by atoms with Crippen molar-refractivity contribution >= 4 is 5.91 Å². The highest BCUT2D eigenvalue weighted by molar-refractivity contribution is 5.94. The monoisotopic (exact) mass is 724 g/mol. The summed E-state index contributed by atoms with van der Waals surface area (Å²) in [6.45, 7) is 2.29. The van der Waals surface area contributed by atoms with Crippen LogP contribution in [-0.2, 0) is 22.2 Å². The molecule has 1 aromatic heterocycles. The van der Waals surface area contributed by atoms with Crippen LogP contribution in [0.25, 0.3) is 33.9 Å². The molecule has 0 saturated heterocycles. The first-order valence-electron chi connectivity index (χ1n) is 16.2. The van der Waals surface area contributed by atoms with Crippen molar-refractivity contribution in [3.05, 3.63) is 113 Å². The number of nitrogens with two attached hydrogens (primary N) is 1. The average molecular weight is 725 g/mol. The van der Waals surface area contributed by atoms with Gasteiger partial charge in [-0.3, -0.25) is 4.79 Å². The number of hydrogen-bond acceptors (Lipinski definition) is 7. The molecule has 0 atom stereocenters. The van der Waals surface area contributed by atoms with E-state index in [1.807, 2.05) is 0 Å². The number of hydrogen-bond donors (Lipinski definition) is 2. The largest absolute Gasteiger partial charge is 0.494 e. The van der Waals surface area contributed by atoms with Crippen LogP contribution in [0.15, 0.2) is 84.9 Å². The number of benzene rings is 4. The zero-order valence-electron chi connectivity index (χ0n) is 28.4. The fourth-order valence-electron chi connectivity index (χ4n) is 5.44. The summed E-state index contributed by atoms with van der Waals surface area (Å²) in [5, 5.41) is 2.79. The molecule has 0 aliphatic rings. The van der Waals surface area contributed by atoms with Crippen LogP contribution < -0.4 is 20.5 Å². The number of nitrogens with one attached hydrogen (secondary N) is 1. The minimum absolute atomic E-state index is 0.00670. The van der Waals surface area contributed by atoms with Gasteiger partial charge in [-0.1, -0.05) is 24.3 Å². The summed E-state index contributed by atoms with van der Waals surface area (Å²) in [4.78, 5) is 17.6. The van der Waals surface area contributed by atoms with Gasteiger partial charge in [0, 0.05) is 41.9 Å². The summed E-state index contributed by atoms with van der Waals surface area (Å²) in [5.41, 5.74) is 7.19. The standard InChI is InChI=1S/C38H37F5N4O5/c1-49-32-13-9-27(21-30(32)39)34-35(28-10-14-33(50-2)31(40)22-28)47(36(46-34)25-7-11-29(12-8-25)38(41,42)43)23-24-3-5-26(6-4-24)37(48)45-16-18-52-20-19-51-17-15-44/h3-14,21-22H,15-20,23,44H2,1-2H3,(H,45,48). The van der Waals surface area contributed by atoms with Gasteiger partial charge >= 0.3 is 6.18 Å². The average Bonchev–Trinajstić information content (AvgIpc) is 3.51. The first kappa shape index (κ1) is 37.9. The smallest absolute Gasteiger partial charge is 0.416 e. The fourth-order valence-corrected chi connectivity index (χ4v) is 5.44. The second-order valence-corrected chi connectivity index (χ2v) is 11.5. The van der Waals surface area contributed by atoms with Gasteiger partial charge in [0.2, 0.25) is 0 Å². The van der Waals surface area contributed by atoms with E-state index in [0.29, 0.717) is 66.5 Å². The molecule has 52 heavy (non-hydrogen) atoms. The number of amides is 1. The molecule has 274 valence electrons. The van der Waals surface area contributed by atoms with E-state index in [-0.39, 0.29) is 42.0 Å². The van der Waals surface area contributed by atoms with Gasteiger partial charge in [0.05, 0.1) is 57.6 Å². The van der Waals surface area contributed by atoms with E-state index in [9.17, 15) is 18.0 Å². The summed E-state index contributed by atoms with van der Waals surface area (Å²) in [5.74, 6) is -1.44. The van der Waals surface area contributed by atoms with Crippen LogP contribution in [0.4, 0.5) is 22.0 Å². The number of methoxy groups -OCH3 is 2. The van der Waals surface area contributed by atoms with E-state index in [4.69, 9.17) is 29.7 Å². The van der Waals surface area contributed by atoms with Crippen molar-refractivity contribution in [2.75, 3.05) is 53.7 Å². The minimum Gasteiger partial charge on any atom is -0.494 e. The van der Waals surface area contributed by atoms with E-state index in [2.05, 4.69) is 5.32 Å². The molecule has 0 aliphatic heterocycles. The second kappa shape index (κ2) is 17.3. The maximum absolute atomic E-state index is 15.2. The van der Waals surface area contributed by atoms with Crippen LogP contribution in [0.5, 0.6) is 11.5 Å². The van der Waals surface area contributed by atoms with Crippen LogP contribution >= 0.6 is 0 Å². The number of halogens is 5. The lowest BCUT2D eigenvalue weighted by atomic mass is 10.0. The number of nitrogens with zero attached hydrogens (tertiary/aromatic N) is 2. The second-order valence-electron chi connectivity index (χ2n) is 11.5. The molecule has 1 amide bonds. The Labute approximate surface area is 297 Å². The molecule has 5 aromatic rings. The normalized spacial score (nSPS) is 11.5. The quantitative estimate of drug-likeness (QED) is 0.0836. The molecular formula is C38H37F5N4O5. The predicted octanol–water partition coefficient (Wildman–Crippen LogP) is 6.97. The summed E-state index contributed by atoms with van der Waals surface area (Å²) >= 11 is 0. The van der Waals surface area contributed by atoms with Gasteiger partial charge in [0.25, 0.3) is 5.91 Å².